The van der Waals surface area contributed by atoms with E-state index in [-0.39, 0.29) is 36.5 Å². The molecule has 1 aliphatic heterocycles. The van der Waals surface area contributed by atoms with E-state index in [9.17, 15) is 14.0 Å². The van der Waals surface area contributed by atoms with Gasteiger partial charge in [-0.3, -0.25) is 14.6 Å². The lowest BCUT2D eigenvalue weighted by molar-refractivity contribution is -0.129. The van der Waals surface area contributed by atoms with E-state index in [4.69, 9.17) is 10.5 Å². The van der Waals surface area contributed by atoms with Gasteiger partial charge >= 0.3 is 0 Å². The topological polar surface area (TPSA) is 132 Å². The summed E-state index contributed by atoms with van der Waals surface area (Å²) in [7, 11) is 0. The Morgan fingerprint density at radius 3 is 2.50 bits per heavy atom. The number of carbonyl (C=O) groups is 2. The van der Waals surface area contributed by atoms with Crippen LogP contribution < -0.4 is 21.1 Å². The summed E-state index contributed by atoms with van der Waals surface area (Å²) in [5.74, 6) is -0.671. The number of ether oxygens (including phenoxy) is 1. The van der Waals surface area contributed by atoms with E-state index in [1.54, 1.807) is 18.2 Å². The van der Waals surface area contributed by atoms with Crippen LogP contribution in [0.15, 0.2) is 71.9 Å². The molecule has 0 spiro atoms. The van der Waals surface area contributed by atoms with Crippen molar-refractivity contribution in [1.82, 2.24) is 20.6 Å². The summed E-state index contributed by atoms with van der Waals surface area (Å²) in [4.78, 5) is 39.1. The lowest BCUT2D eigenvalue weighted by Gasteiger charge is -2.30. The van der Waals surface area contributed by atoms with Gasteiger partial charge in [-0.05, 0) is 40.7 Å². The number of nitrogens with one attached hydrogen (secondary N) is 2. The van der Waals surface area contributed by atoms with Crippen LogP contribution in [0.25, 0.3) is 5.57 Å². The number of hydrogen-bond donors (Lipinski definition) is 3. The predicted octanol–water partition coefficient (Wildman–Crippen LogP) is 3.35. The van der Waals surface area contributed by atoms with Crippen LogP contribution >= 0.6 is 0 Å². The van der Waals surface area contributed by atoms with E-state index < -0.39 is 17.4 Å². The van der Waals surface area contributed by atoms with Crippen molar-refractivity contribution < 1.29 is 18.7 Å². The Hall–Kier alpha value is -4.60. The molecule has 3 aromatic rings. The van der Waals surface area contributed by atoms with E-state index in [1.807, 2.05) is 51.1 Å². The number of rotatable bonds is 9. The number of aliphatic imine (C=N–C) groups is 1. The Kier molecular flexibility index (Phi) is 8.88. The lowest BCUT2D eigenvalue weighted by atomic mass is 9.85. The summed E-state index contributed by atoms with van der Waals surface area (Å²) in [6, 6.07) is 14.6. The molecule has 1 atom stereocenters. The molecule has 1 aromatic heterocycles. The number of fused-ring (bicyclic) bond motifs is 1. The molecule has 208 valence electrons. The van der Waals surface area contributed by atoms with Gasteiger partial charge < -0.3 is 21.1 Å². The molecule has 4 rings (SSSR count). The minimum atomic E-state index is -0.834. The van der Waals surface area contributed by atoms with Gasteiger partial charge in [-0.1, -0.05) is 63.2 Å². The highest BCUT2D eigenvalue weighted by Crippen LogP contribution is 2.27. The molecule has 0 fully saturated rings. The van der Waals surface area contributed by atoms with Crippen LogP contribution in [0.4, 0.5) is 10.3 Å². The molecule has 2 aromatic carbocycles. The summed E-state index contributed by atoms with van der Waals surface area (Å²) in [6.45, 7) is 6.29. The molecule has 2 amide bonds. The molecule has 4 N–H and O–H groups in total. The van der Waals surface area contributed by atoms with Crippen molar-refractivity contribution in [1.29, 1.82) is 0 Å². The number of benzene rings is 2. The van der Waals surface area contributed by atoms with Crippen LogP contribution in [-0.4, -0.2) is 53.2 Å². The van der Waals surface area contributed by atoms with E-state index in [0.29, 0.717) is 24.4 Å². The van der Waals surface area contributed by atoms with Gasteiger partial charge in [0.05, 0.1) is 13.1 Å². The molecule has 9 nitrogen and oxygen atoms in total. The van der Waals surface area contributed by atoms with Gasteiger partial charge in [0.25, 0.3) is 5.91 Å². The highest BCUT2D eigenvalue weighted by atomic mass is 19.1. The maximum atomic E-state index is 13.6. The molecule has 0 bridgehead atoms. The zero-order chi connectivity index (χ0) is 28.7. The Labute approximate surface area is 232 Å². The number of anilines is 1. The van der Waals surface area contributed by atoms with Crippen molar-refractivity contribution in [3.8, 4) is 5.88 Å². The van der Waals surface area contributed by atoms with Crippen molar-refractivity contribution in [2.45, 2.75) is 33.2 Å². The third-order valence-electron chi connectivity index (χ3n) is 6.34. The second kappa shape index (κ2) is 12.5. The third kappa shape index (κ3) is 7.28. The number of carbonyl (C=O) groups excluding carboxylic acids is 2. The van der Waals surface area contributed by atoms with Gasteiger partial charge in [0.1, 0.15) is 24.2 Å². The van der Waals surface area contributed by atoms with Crippen LogP contribution in [-0.2, 0) is 16.0 Å². The van der Waals surface area contributed by atoms with Crippen molar-refractivity contribution >= 4 is 29.0 Å². The average Bonchev–Trinajstić information content (AvgIpc) is 3.10. The monoisotopic (exact) mass is 544 g/mol. The maximum absolute atomic E-state index is 13.6. The molecule has 1 aliphatic rings. The molecular formula is C30H33FN6O3. The highest BCUT2D eigenvalue weighted by Gasteiger charge is 2.34. The van der Waals surface area contributed by atoms with Gasteiger partial charge in [0.15, 0.2) is 0 Å². The molecule has 0 saturated carbocycles. The summed E-state index contributed by atoms with van der Waals surface area (Å²) in [5.41, 5.74) is 8.72. The molecule has 0 saturated heterocycles. The summed E-state index contributed by atoms with van der Waals surface area (Å²) >= 11 is 0. The van der Waals surface area contributed by atoms with Crippen LogP contribution in [0, 0.1) is 11.2 Å². The highest BCUT2D eigenvalue weighted by molar-refractivity contribution is 6.46. The third-order valence-corrected chi connectivity index (χ3v) is 6.34. The number of halogens is 1. The van der Waals surface area contributed by atoms with E-state index in [0.717, 1.165) is 16.7 Å². The smallest absolute Gasteiger partial charge is 0.270 e. The zero-order valence-corrected chi connectivity index (χ0v) is 22.8. The number of allylic oxidation sites excluding steroid dienone is 1. The second-order valence-corrected chi connectivity index (χ2v) is 10.4. The molecule has 0 radical (unpaired) electrons. The fourth-order valence-electron chi connectivity index (χ4n) is 4.34. The molecular weight excluding hydrogens is 511 g/mol. The van der Waals surface area contributed by atoms with Crippen LogP contribution in [0.2, 0.25) is 0 Å². The quantitative estimate of drug-likeness (QED) is 0.354. The number of aromatic nitrogens is 2. The van der Waals surface area contributed by atoms with E-state index in [2.05, 4.69) is 25.6 Å². The Balaban J connectivity index is 1.44. The number of nitrogen functional groups attached to an aromatic ring is 1. The number of nitrogens with two attached hydrogens (primary N) is 1. The van der Waals surface area contributed by atoms with Crippen molar-refractivity contribution in [2.24, 2.45) is 10.4 Å². The van der Waals surface area contributed by atoms with E-state index >= 15 is 0 Å². The first-order chi connectivity index (χ1) is 19.1. The van der Waals surface area contributed by atoms with Crippen LogP contribution in [0.5, 0.6) is 5.88 Å². The van der Waals surface area contributed by atoms with Gasteiger partial charge in [-0.25, -0.2) is 9.37 Å². The lowest BCUT2D eigenvalue weighted by Crippen LogP contribution is -2.55. The maximum Gasteiger partial charge on any atom is 0.270 e. The average molecular weight is 545 g/mol. The first-order valence-electron chi connectivity index (χ1n) is 13.0. The normalized spacial score (nSPS) is 13.7. The fraction of sp³-hybridized carbons (Fsp3) is 0.300. The van der Waals surface area contributed by atoms with Crippen molar-refractivity contribution in [3.05, 3.63) is 89.4 Å². The molecule has 2 heterocycles. The Morgan fingerprint density at radius 2 is 1.80 bits per heavy atom. The van der Waals surface area contributed by atoms with Gasteiger partial charge in [0.2, 0.25) is 17.7 Å². The second-order valence-electron chi connectivity index (χ2n) is 10.4. The SMILES string of the molecule is CC(C)(C)[C@H](NC(=O)C1=NCC=C(Cc2ccc(F)cc2)c2ccccc21)C(=O)NCCOc1ccnc(N)n1. The largest absolute Gasteiger partial charge is 0.476 e. The minimum absolute atomic E-state index is 0.0952. The molecule has 40 heavy (non-hydrogen) atoms. The number of hydrogen-bond acceptors (Lipinski definition) is 7. The summed E-state index contributed by atoms with van der Waals surface area (Å²) in [5, 5.41) is 5.73. The summed E-state index contributed by atoms with van der Waals surface area (Å²) < 4.78 is 18.9. The zero-order valence-electron chi connectivity index (χ0n) is 22.8. The number of nitrogens with zero attached hydrogens (tertiary/aromatic N) is 3. The van der Waals surface area contributed by atoms with Gasteiger partial charge in [-0.2, -0.15) is 4.98 Å². The van der Waals surface area contributed by atoms with E-state index in [1.165, 1.54) is 18.3 Å². The molecule has 0 aliphatic carbocycles. The van der Waals surface area contributed by atoms with Crippen LogP contribution in [0.1, 0.15) is 37.5 Å². The first kappa shape index (κ1) is 28.4. The minimum Gasteiger partial charge on any atom is -0.476 e. The van der Waals surface area contributed by atoms with Gasteiger partial charge in [0, 0.05) is 17.8 Å². The molecule has 0 unspecified atom stereocenters. The first-order valence-corrected chi connectivity index (χ1v) is 13.0. The standard InChI is InChI=1S/C30H33FN6O3/c1-30(2,3)26(28(39)34-16-17-40-24-13-15-35-29(32)36-24)37-27(38)25-23-7-5-4-6-22(23)20(12-14-33-25)18-19-8-10-21(31)11-9-19/h4-13,15,26H,14,16-18H2,1-3H3,(H,34,39)(H,37,38)(H2,32,35,36)/t26-/m1/s1. The van der Waals surface area contributed by atoms with Crippen molar-refractivity contribution in [2.75, 3.05) is 25.4 Å². The number of amides is 2. The van der Waals surface area contributed by atoms with Crippen molar-refractivity contribution in [3.63, 3.8) is 0 Å². The summed E-state index contributed by atoms with van der Waals surface area (Å²) in [6.07, 6.45) is 4.02. The predicted molar refractivity (Wildman–Crippen MR) is 152 cm³/mol. The Bertz CT molecular complexity index is 1430. The Morgan fingerprint density at radius 1 is 1.07 bits per heavy atom. The fourth-order valence-corrected chi connectivity index (χ4v) is 4.34. The van der Waals surface area contributed by atoms with Gasteiger partial charge in [-0.15, -0.1) is 0 Å². The molecule has 10 heteroatoms. The van der Waals surface area contributed by atoms with Crippen LogP contribution in [0.3, 0.4) is 0 Å².